The number of piperidine rings is 1. The standard InChI is InChI=1S/C13H24FNO2/c1-5-6-13(11(16)17-4)7-10(8-15-9-13)12(2,3)14/h10,15H,5-9H2,1-4H3. The first-order chi connectivity index (χ1) is 7.85. The van der Waals surface area contributed by atoms with Crippen molar-refractivity contribution >= 4 is 5.97 Å². The Labute approximate surface area is 103 Å². The summed E-state index contributed by atoms with van der Waals surface area (Å²) in [6.07, 6.45) is 2.22. The van der Waals surface area contributed by atoms with E-state index in [0.29, 0.717) is 19.5 Å². The SMILES string of the molecule is CCCC1(C(=O)OC)CNCC(C(C)(C)F)C1. The largest absolute Gasteiger partial charge is 0.469 e. The van der Waals surface area contributed by atoms with Crippen molar-refractivity contribution in [2.75, 3.05) is 20.2 Å². The van der Waals surface area contributed by atoms with Gasteiger partial charge in [-0.25, -0.2) is 4.39 Å². The van der Waals surface area contributed by atoms with Gasteiger partial charge in [0.2, 0.25) is 0 Å². The van der Waals surface area contributed by atoms with Crippen LogP contribution in [0.4, 0.5) is 4.39 Å². The Morgan fingerprint density at radius 2 is 2.24 bits per heavy atom. The smallest absolute Gasteiger partial charge is 0.313 e. The first-order valence-corrected chi connectivity index (χ1v) is 6.34. The van der Waals surface area contributed by atoms with Gasteiger partial charge in [-0.05, 0) is 26.7 Å². The fourth-order valence-corrected chi connectivity index (χ4v) is 2.73. The zero-order chi connectivity index (χ0) is 13.1. The number of methoxy groups -OCH3 is 1. The molecule has 0 spiro atoms. The van der Waals surface area contributed by atoms with E-state index in [-0.39, 0.29) is 11.9 Å². The molecule has 1 rings (SSSR count). The van der Waals surface area contributed by atoms with Crippen molar-refractivity contribution in [3.8, 4) is 0 Å². The molecule has 1 aliphatic rings. The first-order valence-electron chi connectivity index (χ1n) is 6.34. The van der Waals surface area contributed by atoms with E-state index in [9.17, 15) is 9.18 Å². The zero-order valence-corrected chi connectivity index (χ0v) is 11.3. The van der Waals surface area contributed by atoms with Crippen LogP contribution in [0.1, 0.15) is 40.0 Å². The van der Waals surface area contributed by atoms with E-state index in [2.05, 4.69) is 5.32 Å². The fraction of sp³-hybridized carbons (Fsp3) is 0.923. The van der Waals surface area contributed by atoms with Crippen LogP contribution < -0.4 is 5.32 Å². The predicted molar refractivity (Wildman–Crippen MR) is 65.5 cm³/mol. The Kier molecular flexibility index (Phi) is 4.53. The second-order valence-corrected chi connectivity index (χ2v) is 5.62. The van der Waals surface area contributed by atoms with E-state index in [4.69, 9.17) is 4.74 Å². The third kappa shape index (κ3) is 3.18. The number of alkyl halides is 1. The molecule has 0 aromatic heterocycles. The molecule has 2 unspecified atom stereocenters. The molecule has 0 radical (unpaired) electrons. The highest BCUT2D eigenvalue weighted by molar-refractivity contribution is 5.77. The van der Waals surface area contributed by atoms with Gasteiger partial charge in [-0.1, -0.05) is 13.3 Å². The molecule has 3 nitrogen and oxygen atoms in total. The van der Waals surface area contributed by atoms with Crippen LogP contribution in [-0.2, 0) is 9.53 Å². The van der Waals surface area contributed by atoms with Gasteiger partial charge >= 0.3 is 5.97 Å². The van der Waals surface area contributed by atoms with Gasteiger partial charge in [0.25, 0.3) is 0 Å². The highest BCUT2D eigenvalue weighted by Gasteiger charge is 2.46. The average Bonchev–Trinajstić information content (AvgIpc) is 2.27. The summed E-state index contributed by atoms with van der Waals surface area (Å²) in [5.41, 5.74) is -1.81. The maximum absolute atomic E-state index is 14.0. The third-order valence-electron chi connectivity index (χ3n) is 3.81. The van der Waals surface area contributed by atoms with E-state index in [1.54, 1.807) is 13.8 Å². The minimum absolute atomic E-state index is 0.137. The monoisotopic (exact) mass is 245 g/mol. The molecule has 0 bridgehead atoms. The van der Waals surface area contributed by atoms with Crippen molar-refractivity contribution in [2.24, 2.45) is 11.3 Å². The summed E-state index contributed by atoms with van der Waals surface area (Å²) in [6, 6.07) is 0. The van der Waals surface area contributed by atoms with Crippen LogP contribution in [0.25, 0.3) is 0 Å². The summed E-state index contributed by atoms with van der Waals surface area (Å²) in [4.78, 5) is 12.0. The summed E-state index contributed by atoms with van der Waals surface area (Å²) in [7, 11) is 1.41. The number of carbonyl (C=O) groups excluding carboxylic acids is 1. The molecule has 0 saturated carbocycles. The lowest BCUT2D eigenvalue weighted by molar-refractivity contribution is -0.156. The zero-order valence-electron chi connectivity index (χ0n) is 11.3. The van der Waals surface area contributed by atoms with Crippen LogP contribution in [0.15, 0.2) is 0 Å². The normalized spacial score (nSPS) is 30.1. The van der Waals surface area contributed by atoms with Gasteiger partial charge in [0, 0.05) is 19.0 Å². The molecule has 1 heterocycles. The number of carbonyl (C=O) groups is 1. The lowest BCUT2D eigenvalue weighted by Gasteiger charge is -2.42. The molecule has 1 N–H and O–H groups in total. The molecule has 0 aliphatic carbocycles. The molecule has 1 aliphatic heterocycles. The first kappa shape index (κ1) is 14.4. The van der Waals surface area contributed by atoms with Gasteiger partial charge in [-0.2, -0.15) is 0 Å². The molecule has 0 aromatic rings. The van der Waals surface area contributed by atoms with Crippen molar-refractivity contribution < 1.29 is 13.9 Å². The molecule has 2 atom stereocenters. The topological polar surface area (TPSA) is 38.3 Å². The molecule has 1 fully saturated rings. The Balaban J connectivity index is 2.87. The minimum atomic E-state index is -1.26. The van der Waals surface area contributed by atoms with E-state index in [0.717, 1.165) is 12.8 Å². The lowest BCUT2D eigenvalue weighted by Crippen LogP contribution is -2.53. The second-order valence-electron chi connectivity index (χ2n) is 5.62. The lowest BCUT2D eigenvalue weighted by atomic mass is 9.69. The van der Waals surface area contributed by atoms with Crippen LogP contribution in [-0.4, -0.2) is 31.8 Å². The van der Waals surface area contributed by atoms with Crippen LogP contribution in [0, 0.1) is 11.3 Å². The highest BCUT2D eigenvalue weighted by Crippen LogP contribution is 2.40. The number of esters is 1. The maximum Gasteiger partial charge on any atom is 0.313 e. The Hall–Kier alpha value is -0.640. The van der Waals surface area contributed by atoms with E-state index >= 15 is 0 Å². The van der Waals surface area contributed by atoms with Gasteiger partial charge in [0.1, 0.15) is 5.67 Å². The van der Waals surface area contributed by atoms with E-state index < -0.39 is 11.1 Å². The molecule has 100 valence electrons. The summed E-state index contributed by atoms with van der Waals surface area (Å²) >= 11 is 0. The summed E-state index contributed by atoms with van der Waals surface area (Å²) in [5.74, 6) is -0.345. The fourth-order valence-electron chi connectivity index (χ4n) is 2.73. The van der Waals surface area contributed by atoms with Gasteiger partial charge in [-0.15, -0.1) is 0 Å². The van der Waals surface area contributed by atoms with Crippen molar-refractivity contribution in [2.45, 2.75) is 45.7 Å². The molecular weight excluding hydrogens is 221 g/mol. The van der Waals surface area contributed by atoms with Crippen LogP contribution in [0.5, 0.6) is 0 Å². The Bertz CT molecular complexity index is 271. The highest BCUT2D eigenvalue weighted by atomic mass is 19.1. The van der Waals surface area contributed by atoms with Crippen LogP contribution >= 0.6 is 0 Å². The van der Waals surface area contributed by atoms with Crippen molar-refractivity contribution in [1.82, 2.24) is 5.32 Å². The van der Waals surface area contributed by atoms with Crippen molar-refractivity contribution in [3.63, 3.8) is 0 Å². The molecule has 4 heteroatoms. The van der Waals surface area contributed by atoms with Gasteiger partial charge < -0.3 is 10.1 Å². The predicted octanol–water partition coefficient (Wildman–Crippen LogP) is 2.30. The van der Waals surface area contributed by atoms with Crippen molar-refractivity contribution in [1.29, 1.82) is 0 Å². The van der Waals surface area contributed by atoms with Crippen LogP contribution in [0.2, 0.25) is 0 Å². The van der Waals surface area contributed by atoms with Gasteiger partial charge in [0.05, 0.1) is 12.5 Å². The summed E-state index contributed by atoms with van der Waals surface area (Å²) in [6.45, 7) is 6.43. The summed E-state index contributed by atoms with van der Waals surface area (Å²) < 4.78 is 18.9. The number of nitrogens with one attached hydrogen (secondary N) is 1. The maximum atomic E-state index is 14.0. The van der Waals surface area contributed by atoms with Crippen LogP contribution in [0.3, 0.4) is 0 Å². The minimum Gasteiger partial charge on any atom is -0.469 e. The van der Waals surface area contributed by atoms with E-state index in [1.165, 1.54) is 7.11 Å². The molecular formula is C13H24FNO2. The number of hydrogen-bond donors (Lipinski definition) is 1. The molecule has 1 saturated heterocycles. The Morgan fingerprint density at radius 1 is 1.59 bits per heavy atom. The number of ether oxygens (including phenoxy) is 1. The summed E-state index contributed by atoms with van der Waals surface area (Å²) in [5, 5.41) is 3.19. The van der Waals surface area contributed by atoms with Crippen molar-refractivity contribution in [3.05, 3.63) is 0 Å². The van der Waals surface area contributed by atoms with E-state index in [1.807, 2.05) is 6.92 Å². The molecule has 17 heavy (non-hydrogen) atoms. The number of rotatable bonds is 4. The second kappa shape index (κ2) is 5.34. The molecule has 0 aromatic carbocycles. The van der Waals surface area contributed by atoms with Gasteiger partial charge in [0.15, 0.2) is 0 Å². The number of hydrogen-bond acceptors (Lipinski definition) is 3. The van der Waals surface area contributed by atoms with Gasteiger partial charge in [-0.3, -0.25) is 4.79 Å². The Morgan fingerprint density at radius 3 is 2.71 bits per heavy atom. The quantitative estimate of drug-likeness (QED) is 0.772. The average molecular weight is 245 g/mol. The molecule has 0 amide bonds. The number of halogens is 1. The third-order valence-corrected chi connectivity index (χ3v) is 3.81.